The molecule has 1 N–H and O–H groups in total. The van der Waals surface area contributed by atoms with Gasteiger partial charge in [-0.15, -0.1) is 0 Å². The van der Waals surface area contributed by atoms with Gasteiger partial charge in [-0.25, -0.2) is 4.79 Å². The van der Waals surface area contributed by atoms with Crippen LogP contribution in [0.5, 0.6) is 5.75 Å². The molecule has 0 saturated carbocycles. The Kier molecular flexibility index (Phi) is 6.98. The summed E-state index contributed by atoms with van der Waals surface area (Å²) >= 11 is 0. The number of carbonyl (C=O) groups is 1. The second kappa shape index (κ2) is 9.65. The molecule has 30 heavy (non-hydrogen) atoms. The van der Waals surface area contributed by atoms with Crippen molar-refractivity contribution in [1.29, 1.82) is 0 Å². The van der Waals surface area contributed by atoms with Crippen molar-refractivity contribution in [3.8, 4) is 5.75 Å². The molecule has 6 nitrogen and oxygen atoms in total. The van der Waals surface area contributed by atoms with E-state index in [2.05, 4.69) is 17.4 Å². The summed E-state index contributed by atoms with van der Waals surface area (Å²) in [5.41, 5.74) is 2.70. The average Bonchev–Trinajstić information content (AvgIpc) is 2.98. The predicted octanol–water partition coefficient (Wildman–Crippen LogP) is 3.75. The van der Waals surface area contributed by atoms with Crippen LogP contribution in [0.1, 0.15) is 39.7 Å². The van der Waals surface area contributed by atoms with Gasteiger partial charge in [0.2, 0.25) is 5.91 Å². The van der Waals surface area contributed by atoms with Crippen LogP contribution in [0, 0.1) is 0 Å². The number of hydrogen-bond acceptors (Lipinski definition) is 3. The number of nitrogens with zero attached hydrogens (tertiary/aromatic N) is 2. The maximum atomic E-state index is 12.7. The lowest BCUT2D eigenvalue weighted by molar-refractivity contribution is -0.122. The summed E-state index contributed by atoms with van der Waals surface area (Å²) in [6.07, 6.45) is 1.84. The highest BCUT2D eigenvalue weighted by atomic mass is 16.5. The third-order valence-corrected chi connectivity index (χ3v) is 5.11. The van der Waals surface area contributed by atoms with Crippen LogP contribution in [0.4, 0.5) is 0 Å². The molecule has 0 aliphatic heterocycles. The Morgan fingerprint density at radius 2 is 1.63 bits per heavy atom. The minimum atomic E-state index is -0.149. The Bertz CT molecular complexity index is 1050. The number of ether oxygens (including phenoxy) is 1. The van der Waals surface area contributed by atoms with E-state index in [1.54, 1.807) is 9.13 Å². The van der Waals surface area contributed by atoms with Gasteiger partial charge in [0.1, 0.15) is 12.3 Å². The fourth-order valence-electron chi connectivity index (χ4n) is 3.66. The molecular weight excluding hydrogens is 378 g/mol. The van der Waals surface area contributed by atoms with E-state index >= 15 is 0 Å². The zero-order valence-electron chi connectivity index (χ0n) is 18.2. The summed E-state index contributed by atoms with van der Waals surface area (Å²) in [4.78, 5) is 25.3. The maximum Gasteiger partial charge on any atom is 0.329 e. The molecule has 0 saturated heterocycles. The molecule has 3 aromatic rings. The fraction of sp³-hybridized carbons (Fsp3) is 0.417. The molecule has 6 heteroatoms. The van der Waals surface area contributed by atoms with Crippen molar-refractivity contribution in [2.75, 3.05) is 0 Å². The normalized spacial score (nSPS) is 12.3. The highest BCUT2D eigenvalue weighted by molar-refractivity contribution is 5.81. The predicted molar refractivity (Wildman–Crippen MR) is 120 cm³/mol. The molecule has 1 atom stereocenters. The number of para-hydroxylation sites is 2. The van der Waals surface area contributed by atoms with E-state index < -0.39 is 0 Å². The Morgan fingerprint density at radius 3 is 2.23 bits per heavy atom. The van der Waals surface area contributed by atoms with Crippen LogP contribution in [0.2, 0.25) is 0 Å². The number of carbonyl (C=O) groups excluding carboxylic acids is 1. The number of imidazole rings is 1. The van der Waals surface area contributed by atoms with Gasteiger partial charge in [0.15, 0.2) is 0 Å². The van der Waals surface area contributed by atoms with Gasteiger partial charge in [0.25, 0.3) is 0 Å². The molecule has 1 aromatic heterocycles. The summed E-state index contributed by atoms with van der Waals surface area (Å²) in [5, 5.41) is 3.02. The molecule has 2 aromatic carbocycles. The van der Waals surface area contributed by atoms with Gasteiger partial charge in [0, 0.05) is 12.6 Å². The number of nitrogens with one attached hydrogen (secondary N) is 1. The van der Waals surface area contributed by atoms with Crippen molar-refractivity contribution < 1.29 is 9.53 Å². The van der Waals surface area contributed by atoms with Crippen LogP contribution in [-0.2, 0) is 24.3 Å². The highest BCUT2D eigenvalue weighted by Crippen LogP contribution is 2.16. The number of amides is 1. The summed E-state index contributed by atoms with van der Waals surface area (Å²) in [6.45, 7) is 8.54. The Morgan fingerprint density at radius 1 is 1.00 bits per heavy atom. The first-order chi connectivity index (χ1) is 14.4. The van der Waals surface area contributed by atoms with Gasteiger partial charge in [0.05, 0.1) is 17.1 Å². The van der Waals surface area contributed by atoms with Crippen molar-refractivity contribution >= 4 is 16.9 Å². The molecular formula is C24H31N3O3. The minimum absolute atomic E-state index is 0.0133. The van der Waals surface area contributed by atoms with E-state index in [-0.39, 0.29) is 30.3 Å². The molecule has 0 fully saturated rings. The quantitative estimate of drug-likeness (QED) is 0.585. The first-order valence-corrected chi connectivity index (χ1v) is 10.6. The van der Waals surface area contributed by atoms with Gasteiger partial charge in [-0.2, -0.15) is 0 Å². The number of rotatable bonds is 9. The van der Waals surface area contributed by atoms with E-state index in [9.17, 15) is 9.59 Å². The van der Waals surface area contributed by atoms with Crippen LogP contribution >= 0.6 is 0 Å². The van der Waals surface area contributed by atoms with E-state index in [1.807, 2.05) is 64.1 Å². The first kappa shape index (κ1) is 21.7. The Balaban J connectivity index is 1.57. The largest absolute Gasteiger partial charge is 0.491 e. The van der Waals surface area contributed by atoms with Crippen LogP contribution in [-0.4, -0.2) is 27.2 Å². The van der Waals surface area contributed by atoms with Gasteiger partial charge in [-0.1, -0.05) is 24.3 Å². The van der Waals surface area contributed by atoms with E-state index in [0.717, 1.165) is 29.6 Å². The van der Waals surface area contributed by atoms with Crippen molar-refractivity contribution in [1.82, 2.24) is 14.5 Å². The lowest BCUT2D eigenvalue weighted by Crippen LogP contribution is -2.37. The van der Waals surface area contributed by atoms with Crippen molar-refractivity contribution in [3.63, 3.8) is 0 Å². The number of aryl methyl sites for hydroxylation is 2. The molecule has 1 amide bonds. The van der Waals surface area contributed by atoms with Crippen molar-refractivity contribution in [2.45, 2.75) is 65.8 Å². The van der Waals surface area contributed by atoms with Crippen LogP contribution in [0.25, 0.3) is 11.0 Å². The fourth-order valence-corrected chi connectivity index (χ4v) is 3.66. The maximum absolute atomic E-state index is 12.7. The lowest BCUT2D eigenvalue weighted by Gasteiger charge is -2.15. The monoisotopic (exact) mass is 409 g/mol. The molecule has 0 aliphatic carbocycles. The number of benzene rings is 2. The Labute approximate surface area is 177 Å². The zero-order valence-corrected chi connectivity index (χ0v) is 18.2. The molecule has 160 valence electrons. The van der Waals surface area contributed by atoms with E-state index in [0.29, 0.717) is 6.54 Å². The summed E-state index contributed by atoms with van der Waals surface area (Å²) in [7, 11) is 0. The molecule has 0 bridgehead atoms. The van der Waals surface area contributed by atoms with Crippen LogP contribution in [0.3, 0.4) is 0 Å². The number of aromatic nitrogens is 2. The van der Waals surface area contributed by atoms with Crippen molar-refractivity contribution in [3.05, 3.63) is 64.6 Å². The minimum Gasteiger partial charge on any atom is -0.491 e. The summed E-state index contributed by atoms with van der Waals surface area (Å²) in [6, 6.07) is 15.7. The zero-order chi connectivity index (χ0) is 21.7. The molecule has 0 unspecified atom stereocenters. The summed E-state index contributed by atoms with van der Waals surface area (Å²) in [5.74, 6) is 0.719. The SMILES string of the molecule is CCn1c(=O)n(CC(=O)N[C@H](C)CCc2ccc(OC(C)C)cc2)c2ccccc21. The molecule has 0 aliphatic rings. The number of fused-ring (bicyclic) bond motifs is 1. The molecule has 0 radical (unpaired) electrons. The third-order valence-electron chi connectivity index (χ3n) is 5.11. The van der Waals surface area contributed by atoms with E-state index in [4.69, 9.17) is 4.74 Å². The average molecular weight is 410 g/mol. The third kappa shape index (κ3) is 5.12. The molecule has 0 spiro atoms. The lowest BCUT2D eigenvalue weighted by atomic mass is 10.1. The van der Waals surface area contributed by atoms with E-state index in [1.165, 1.54) is 5.56 Å². The van der Waals surface area contributed by atoms with Crippen molar-refractivity contribution in [2.24, 2.45) is 0 Å². The Hall–Kier alpha value is -3.02. The van der Waals surface area contributed by atoms with Gasteiger partial charge < -0.3 is 10.1 Å². The summed E-state index contributed by atoms with van der Waals surface area (Å²) < 4.78 is 8.91. The second-order valence-corrected chi connectivity index (χ2v) is 7.92. The number of hydrogen-bond donors (Lipinski definition) is 1. The van der Waals surface area contributed by atoms with Crippen LogP contribution in [0.15, 0.2) is 53.3 Å². The van der Waals surface area contributed by atoms with Crippen LogP contribution < -0.4 is 15.7 Å². The van der Waals surface area contributed by atoms with Gasteiger partial charge in [-0.3, -0.25) is 13.9 Å². The van der Waals surface area contributed by atoms with Gasteiger partial charge in [-0.05, 0) is 70.4 Å². The first-order valence-electron chi connectivity index (χ1n) is 10.6. The standard InChI is InChI=1S/C24H31N3O3/c1-5-26-21-8-6-7-9-22(21)27(24(26)29)16-23(28)25-18(4)10-11-19-12-14-20(15-13-19)30-17(2)3/h6-9,12-15,17-18H,5,10-11,16H2,1-4H3,(H,25,28)/t18-/m1/s1. The molecule has 3 rings (SSSR count). The smallest absolute Gasteiger partial charge is 0.329 e. The molecule has 1 heterocycles. The highest BCUT2D eigenvalue weighted by Gasteiger charge is 2.15. The topological polar surface area (TPSA) is 65.3 Å². The second-order valence-electron chi connectivity index (χ2n) is 7.92. The van der Waals surface area contributed by atoms with Gasteiger partial charge >= 0.3 is 5.69 Å².